The van der Waals surface area contributed by atoms with E-state index < -0.39 is 31.1 Å². The number of aliphatic hydroxyl groups excluding tert-OH is 3. The largest absolute Gasteiger partial charge is 0.504 e. The van der Waals surface area contributed by atoms with Crippen molar-refractivity contribution in [2.24, 2.45) is 5.10 Å². The minimum Gasteiger partial charge on any atom is -0.504 e. The van der Waals surface area contributed by atoms with Gasteiger partial charge in [0.15, 0.2) is 34.7 Å². The number of rotatable bonds is 6. The molecule has 2 aromatic heterocycles. The van der Waals surface area contributed by atoms with E-state index in [1.165, 1.54) is 30.3 Å². The third-order valence-corrected chi connectivity index (χ3v) is 4.86. The van der Waals surface area contributed by atoms with Gasteiger partial charge in [-0.1, -0.05) is 0 Å². The number of methoxy groups -OCH3 is 1. The lowest BCUT2D eigenvalue weighted by Crippen LogP contribution is -2.33. The van der Waals surface area contributed by atoms with Crippen LogP contribution in [0.1, 0.15) is 11.8 Å². The third kappa shape index (κ3) is 3.70. The number of imidazole rings is 1. The number of nitrogens with zero attached hydrogens (tertiary/aromatic N) is 5. The van der Waals surface area contributed by atoms with Gasteiger partial charge in [-0.05, 0) is 23.8 Å². The molecule has 0 radical (unpaired) electrons. The molecule has 0 bridgehead atoms. The number of aromatic hydroxyl groups is 1. The molecule has 4 rings (SSSR count). The summed E-state index contributed by atoms with van der Waals surface area (Å²) in [5.74, 6) is 0.489. The Morgan fingerprint density at radius 2 is 2.13 bits per heavy atom. The molecule has 1 saturated heterocycles. The Bertz CT molecular complexity index is 1120. The predicted octanol–water partition coefficient (Wildman–Crippen LogP) is -0.820. The van der Waals surface area contributed by atoms with Crippen LogP contribution in [0.4, 0.5) is 11.8 Å². The highest BCUT2D eigenvalue weighted by Gasteiger charge is 2.45. The Labute approximate surface area is 175 Å². The molecule has 1 fully saturated rings. The van der Waals surface area contributed by atoms with E-state index in [0.717, 1.165) is 0 Å². The lowest BCUT2D eigenvalue weighted by molar-refractivity contribution is -0.0501. The molecule has 0 aliphatic carbocycles. The van der Waals surface area contributed by atoms with E-state index in [1.807, 2.05) is 0 Å². The standard InChI is InChI=1S/C18H21N7O6/c1-30-10-4-8(2-3-9(10)27)5-22-24-18-23-12-15(19)20-7-21-16(12)25(18)17-14(29)13(28)11(6-26)31-17/h2-5,7,11,13-14,17,26-29H,6H2,1H3,(H,23,24)(H2,19,20,21)/b22-5-/t11-,13-,14-,17?/m0/s1. The van der Waals surface area contributed by atoms with Gasteiger partial charge >= 0.3 is 0 Å². The Hall–Kier alpha value is -3.52. The number of nitrogen functional groups attached to an aromatic ring is 1. The van der Waals surface area contributed by atoms with Gasteiger partial charge in [0.25, 0.3) is 0 Å². The number of aliphatic hydroxyl groups is 3. The van der Waals surface area contributed by atoms with Crippen LogP contribution in [0.2, 0.25) is 0 Å². The normalized spacial score (nSPS) is 23.6. The molecule has 3 heterocycles. The highest BCUT2D eigenvalue weighted by molar-refractivity contribution is 5.85. The van der Waals surface area contributed by atoms with Gasteiger partial charge in [0, 0.05) is 0 Å². The van der Waals surface area contributed by atoms with Crippen LogP contribution >= 0.6 is 0 Å². The molecule has 0 amide bonds. The van der Waals surface area contributed by atoms with Crippen LogP contribution in [0.25, 0.3) is 11.2 Å². The highest BCUT2D eigenvalue weighted by Crippen LogP contribution is 2.35. The monoisotopic (exact) mass is 431 g/mol. The molecule has 164 valence electrons. The van der Waals surface area contributed by atoms with E-state index in [-0.39, 0.29) is 34.4 Å². The second kappa shape index (κ2) is 8.31. The number of hydrazone groups is 1. The van der Waals surface area contributed by atoms with Crippen LogP contribution in [0.5, 0.6) is 11.5 Å². The second-order valence-electron chi connectivity index (χ2n) is 6.77. The molecular weight excluding hydrogens is 410 g/mol. The average Bonchev–Trinajstić information content (AvgIpc) is 3.27. The van der Waals surface area contributed by atoms with Crippen molar-refractivity contribution in [1.29, 1.82) is 0 Å². The third-order valence-electron chi connectivity index (χ3n) is 4.86. The van der Waals surface area contributed by atoms with Crippen LogP contribution in [0, 0.1) is 0 Å². The first-order chi connectivity index (χ1) is 14.9. The van der Waals surface area contributed by atoms with Crippen molar-refractivity contribution in [3.8, 4) is 11.5 Å². The fourth-order valence-electron chi connectivity index (χ4n) is 3.28. The van der Waals surface area contributed by atoms with Crippen molar-refractivity contribution in [2.45, 2.75) is 24.5 Å². The molecule has 3 aromatic rings. The lowest BCUT2D eigenvalue weighted by atomic mass is 10.1. The Morgan fingerprint density at radius 3 is 2.84 bits per heavy atom. The summed E-state index contributed by atoms with van der Waals surface area (Å²) in [5.41, 5.74) is 9.73. The zero-order valence-electron chi connectivity index (χ0n) is 16.3. The maximum Gasteiger partial charge on any atom is 0.228 e. The summed E-state index contributed by atoms with van der Waals surface area (Å²) in [7, 11) is 1.43. The Morgan fingerprint density at radius 1 is 1.32 bits per heavy atom. The smallest absolute Gasteiger partial charge is 0.228 e. The molecule has 1 aromatic carbocycles. The number of benzene rings is 1. The maximum atomic E-state index is 10.5. The predicted molar refractivity (Wildman–Crippen MR) is 109 cm³/mol. The quantitative estimate of drug-likeness (QED) is 0.211. The number of phenols is 1. The molecule has 1 aliphatic heterocycles. The number of nitrogens with one attached hydrogen (secondary N) is 1. The summed E-state index contributed by atoms with van der Waals surface area (Å²) in [6.45, 7) is -0.484. The second-order valence-corrected chi connectivity index (χ2v) is 6.77. The van der Waals surface area contributed by atoms with E-state index in [2.05, 4.69) is 25.5 Å². The number of phenolic OH excluding ortho intramolecular Hbond substituents is 1. The molecule has 0 spiro atoms. The minimum atomic E-state index is -1.36. The van der Waals surface area contributed by atoms with Gasteiger partial charge in [0.05, 0.1) is 19.9 Å². The summed E-state index contributed by atoms with van der Waals surface area (Å²) in [6, 6.07) is 4.67. The summed E-state index contributed by atoms with van der Waals surface area (Å²) in [5, 5.41) is 43.8. The van der Waals surface area contributed by atoms with E-state index >= 15 is 0 Å². The first kappa shape index (κ1) is 20.7. The zero-order valence-corrected chi connectivity index (χ0v) is 16.3. The highest BCUT2D eigenvalue weighted by atomic mass is 16.6. The number of fused-ring (bicyclic) bond motifs is 1. The fraction of sp³-hybridized carbons (Fsp3) is 0.333. The SMILES string of the molecule is COc1cc(/C=N\Nc2nc3c(N)ncnc3n2C2O[C@@H](CO)[C@H](O)[C@@H]2O)ccc1O. The number of nitrogens with two attached hydrogens (primary N) is 1. The molecule has 31 heavy (non-hydrogen) atoms. The molecule has 13 heteroatoms. The Balaban J connectivity index is 1.69. The van der Waals surface area contributed by atoms with Crippen molar-refractivity contribution in [2.75, 3.05) is 24.9 Å². The van der Waals surface area contributed by atoms with E-state index in [0.29, 0.717) is 5.56 Å². The van der Waals surface area contributed by atoms with Crippen LogP contribution in [0.3, 0.4) is 0 Å². The average molecular weight is 431 g/mol. The van der Waals surface area contributed by atoms with Crippen LogP contribution < -0.4 is 15.9 Å². The number of aromatic nitrogens is 4. The van der Waals surface area contributed by atoms with E-state index in [1.54, 1.807) is 12.1 Å². The topological polar surface area (TPSA) is 193 Å². The first-order valence-corrected chi connectivity index (χ1v) is 9.21. The molecule has 4 atom stereocenters. The van der Waals surface area contributed by atoms with Crippen molar-refractivity contribution in [3.63, 3.8) is 0 Å². The number of anilines is 2. The summed E-state index contributed by atoms with van der Waals surface area (Å²) in [4.78, 5) is 12.4. The van der Waals surface area contributed by atoms with Gasteiger partial charge in [0.1, 0.15) is 24.6 Å². The van der Waals surface area contributed by atoms with E-state index in [4.69, 9.17) is 15.2 Å². The van der Waals surface area contributed by atoms with Crippen molar-refractivity contribution < 1.29 is 29.9 Å². The van der Waals surface area contributed by atoms with Crippen molar-refractivity contribution >= 4 is 29.1 Å². The lowest BCUT2D eigenvalue weighted by Gasteiger charge is -2.18. The van der Waals surface area contributed by atoms with Gasteiger partial charge in [-0.15, -0.1) is 0 Å². The minimum absolute atomic E-state index is 0.00665. The molecule has 0 saturated carbocycles. The first-order valence-electron chi connectivity index (χ1n) is 9.21. The van der Waals surface area contributed by atoms with Gasteiger partial charge < -0.3 is 35.6 Å². The summed E-state index contributed by atoms with van der Waals surface area (Å²) in [6.07, 6.45) is -2.09. The van der Waals surface area contributed by atoms with Gasteiger partial charge in [-0.25, -0.2) is 20.4 Å². The van der Waals surface area contributed by atoms with Gasteiger partial charge in [-0.3, -0.25) is 4.57 Å². The molecule has 1 aliphatic rings. The van der Waals surface area contributed by atoms with Crippen LogP contribution in [-0.2, 0) is 4.74 Å². The summed E-state index contributed by atoms with van der Waals surface area (Å²) >= 11 is 0. The van der Waals surface area contributed by atoms with Crippen LogP contribution in [-0.4, -0.2) is 78.2 Å². The van der Waals surface area contributed by atoms with E-state index in [9.17, 15) is 20.4 Å². The van der Waals surface area contributed by atoms with Crippen molar-refractivity contribution in [1.82, 2.24) is 19.5 Å². The molecule has 1 unspecified atom stereocenters. The molecule has 7 N–H and O–H groups in total. The maximum absolute atomic E-state index is 10.5. The zero-order chi connectivity index (χ0) is 22.1. The number of hydrogen-bond acceptors (Lipinski definition) is 12. The molecule has 13 nitrogen and oxygen atoms in total. The molecular formula is C18H21N7O6. The van der Waals surface area contributed by atoms with Crippen LogP contribution in [0.15, 0.2) is 29.6 Å². The number of ether oxygens (including phenoxy) is 2. The number of hydrogen-bond donors (Lipinski definition) is 6. The summed E-state index contributed by atoms with van der Waals surface area (Å²) < 4.78 is 12.1. The van der Waals surface area contributed by atoms with Gasteiger partial charge in [0.2, 0.25) is 5.95 Å². The Kier molecular flexibility index (Phi) is 5.56. The van der Waals surface area contributed by atoms with Gasteiger partial charge in [-0.2, -0.15) is 5.10 Å². The van der Waals surface area contributed by atoms with Crippen molar-refractivity contribution in [3.05, 3.63) is 30.1 Å². The fourth-order valence-corrected chi connectivity index (χ4v) is 3.28.